The maximum Gasteiger partial charge on any atom is 0.120 e. The fourth-order valence-corrected chi connectivity index (χ4v) is 2.97. The monoisotopic (exact) mass is 220 g/mol. The molecular weight excluding hydrogens is 200 g/mol. The van der Waals surface area contributed by atoms with Gasteiger partial charge in [-0.1, -0.05) is 43.7 Å². The third kappa shape index (κ3) is 1.57. The predicted octanol–water partition coefficient (Wildman–Crippen LogP) is 2.45. The minimum Gasteiger partial charge on any atom is -0.387 e. The average molecular weight is 220 g/mol. The summed E-state index contributed by atoms with van der Waals surface area (Å²) in [4.78, 5) is 0. The normalized spacial score (nSPS) is 39.6. The molecule has 1 aliphatic carbocycles. The van der Waals surface area contributed by atoms with E-state index in [1.165, 1.54) is 0 Å². The summed E-state index contributed by atoms with van der Waals surface area (Å²) in [5, 5.41) is 21.4. The van der Waals surface area contributed by atoms with E-state index in [0.29, 0.717) is 6.42 Å². The molecule has 0 radical (unpaired) electrons. The van der Waals surface area contributed by atoms with Gasteiger partial charge in [-0.3, -0.25) is 0 Å². The van der Waals surface area contributed by atoms with E-state index < -0.39 is 11.2 Å². The summed E-state index contributed by atoms with van der Waals surface area (Å²) in [6.07, 6.45) is 2.59. The van der Waals surface area contributed by atoms with Crippen LogP contribution in [0, 0.1) is 5.92 Å². The van der Waals surface area contributed by atoms with Crippen molar-refractivity contribution in [2.45, 2.75) is 44.3 Å². The van der Waals surface area contributed by atoms with E-state index in [0.717, 1.165) is 18.4 Å². The predicted molar refractivity (Wildman–Crippen MR) is 64.0 cm³/mol. The first-order valence-corrected chi connectivity index (χ1v) is 5.99. The van der Waals surface area contributed by atoms with Crippen LogP contribution in [-0.4, -0.2) is 15.8 Å². The molecule has 16 heavy (non-hydrogen) atoms. The lowest BCUT2D eigenvalue weighted by Gasteiger charge is -2.49. The molecule has 1 fully saturated rings. The Morgan fingerprint density at radius 2 is 1.81 bits per heavy atom. The molecule has 1 unspecified atom stereocenters. The van der Waals surface area contributed by atoms with Crippen LogP contribution in [0.4, 0.5) is 0 Å². The molecule has 0 aromatic heterocycles. The van der Waals surface area contributed by atoms with Crippen LogP contribution in [0.3, 0.4) is 0 Å². The van der Waals surface area contributed by atoms with Crippen LogP contribution < -0.4 is 0 Å². The van der Waals surface area contributed by atoms with Crippen molar-refractivity contribution in [3.8, 4) is 0 Å². The zero-order chi connectivity index (χ0) is 11.8. The SMILES string of the molecule is CC1CCC[C@@](C)(O)[C@@]1(O)c1ccccc1. The Balaban J connectivity index is 2.48. The van der Waals surface area contributed by atoms with Gasteiger partial charge in [-0.05, 0) is 31.2 Å². The lowest BCUT2D eigenvalue weighted by molar-refractivity contribution is -0.198. The molecule has 2 N–H and O–H groups in total. The highest BCUT2D eigenvalue weighted by Gasteiger charge is 2.52. The second-order valence-electron chi connectivity index (χ2n) is 5.20. The highest BCUT2D eigenvalue weighted by atomic mass is 16.4. The molecule has 1 aromatic rings. The molecule has 1 aromatic carbocycles. The summed E-state index contributed by atoms with van der Waals surface area (Å²) in [5.74, 6) is 0.0821. The third-order valence-corrected chi connectivity index (χ3v) is 4.05. The molecular formula is C14H20O2. The van der Waals surface area contributed by atoms with Crippen molar-refractivity contribution in [2.75, 3.05) is 0 Å². The lowest BCUT2D eigenvalue weighted by atomic mass is 9.64. The van der Waals surface area contributed by atoms with Crippen LogP contribution in [0.15, 0.2) is 30.3 Å². The standard InChI is InChI=1S/C14H20O2/c1-11-7-6-10-13(2,15)14(11,16)12-8-4-3-5-9-12/h3-5,8-9,11,15-16H,6-7,10H2,1-2H3/t11?,13-,14+/m1/s1. The molecule has 1 saturated carbocycles. The average Bonchev–Trinajstić information content (AvgIpc) is 2.27. The highest BCUT2D eigenvalue weighted by Crippen LogP contribution is 2.47. The molecule has 0 amide bonds. The van der Waals surface area contributed by atoms with Crippen molar-refractivity contribution in [3.05, 3.63) is 35.9 Å². The van der Waals surface area contributed by atoms with Crippen LogP contribution >= 0.6 is 0 Å². The molecule has 2 rings (SSSR count). The van der Waals surface area contributed by atoms with Crippen molar-refractivity contribution in [1.29, 1.82) is 0 Å². The Morgan fingerprint density at radius 3 is 2.38 bits per heavy atom. The minimum atomic E-state index is -1.12. The van der Waals surface area contributed by atoms with E-state index in [9.17, 15) is 10.2 Å². The fraction of sp³-hybridized carbons (Fsp3) is 0.571. The topological polar surface area (TPSA) is 40.5 Å². The second-order valence-corrected chi connectivity index (χ2v) is 5.20. The first-order chi connectivity index (χ1) is 7.48. The first-order valence-electron chi connectivity index (χ1n) is 5.99. The molecule has 1 aliphatic rings. The van der Waals surface area contributed by atoms with Crippen LogP contribution in [0.25, 0.3) is 0 Å². The van der Waals surface area contributed by atoms with E-state index in [1.807, 2.05) is 37.3 Å². The second kappa shape index (κ2) is 3.86. The Morgan fingerprint density at radius 1 is 1.19 bits per heavy atom. The molecule has 2 nitrogen and oxygen atoms in total. The molecule has 0 heterocycles. The Bertz CT molecular complexity index is 358. The van der Waals surface area contributed by atoms with Crippen LogP contribution in [-0.2, 0) is 5.60 Å². The van der Waals surface area contributed by atoms with E-state index in [4.69, 9.17) is 0 Å². The van der Waals surface area contributed by atoms with Crippen molar-refractivity contribution < 1.29 is 10.2 Å². The van der Waals surface area contributed by atoms with Gasteiger partial charge in [-0.25, -0.2) is 0 Å². The van der Waals surface area contributed by atoms with Gasteiger partial charge in [0, 0.05) is 0 Å². The molecule has 0 spiro atoms. The van der Waals surface area contributed by atoms with Crippen LogP contribution in [0.1, 0.15) is 38.7 Å². The number of hydrogen-bond acceptors (Lipinski definition) is 2. The van der Waals surface area contributed by atoms with Gasteiger partial charge in [0.2, 0.25) is 0 Å². The number of hydrogen-bond donors (Lipinski definition) is 2. The van der Waals surface area contributed by atoms with Gasteiger partial charge in [0.1, 0.15) is 5.60 Å². The van der Waals surface area contributed by atoms with Gasteiger partial charge < -0.3 is 10.2 Å². The fourth-order valence-electron chi connectivity index (χ4n) is 2.97. The van der Waals surface area contributed by atoms with Gasteiger partial charge in [0.15, 0.2) is 0 Å². The molecule has 3 atom stereocenters. The van der Waals surface area contributed by atoms with Gasteiger partial charge in [0.05, 0.1) is 5.60 Å². The van der Waals surface area contributed by atoms with Crippen LogP contribution in [0.2, 0.25) is 0 Å². The smallest absolute Gasteiger partial charge is 0.120 e. The largest absolute Gasteiger partial charge is 0.387 e. The number of benzene rings is 1. The van der Waals surface area contributed by atoms with Gasteiger partial charge in [-0.2, -0.15) is 0 Å². The lowest BCUT2D eigenvalue weighted by Crippen LogP contribution is -2.56. The summed E-state index contributed by atoms with van der Waals surface area (Å²) in [5.41, 5.74) is -1.33. The van der Waals surface area contributed by atoms with Crippen molar-refractivity contribution in [1.82, 2.24) is 0 Å². The molecule has 88 valence electrons. The Kier molecular flexibility index (Phi) is 2.81. The van der Waals surface area contributed by atoms with Crippen molar-refractivity contribution in [2.24, 2.45) is 5.92 Å². The summed E-state index contributed by atoms with van der Waals surface area (Å²) in [7, 11) is 0. The third-order valence-electron chi connectivity index (χ3n) is 4.05. The summed E-state index contributed by atoms with van der Waals surface area (Å²) < 4.78 is 0. The van der Waals surface area contributed by atoms with Crippen molar-refractivity contribution >= 4 is 0 Å². The van der Waals surface area contributed by atoms with Crippen molar-refractivity contribution in [3.63, 3.8) is 0 Å². The maximum absolute atomic E-state index is 10.9. The molecule has 0 bridgehead atoms. The zero-order valence-electron chi connectivity index (χ0n) is 9.98. The van der Waals surface area contributed by atoms with Gasteiger partial charge >= 0.3 is 0 Å². The Labute approximate surface area is 96.9 Å². The van der Waals surface area contributed by atoms with E-state index >= 15 is 0 Å². The quantitative estimate of drug-likeness (QED) is 0.763. The van der Waals surface area contributed by atoms with Gasteiger partial charge in [-0.15, -0.1) is 0 Å². The Hall–Kier alpha value is -0.860. The summed E-state index contributed by atoms with van der Waals surface area (Å²) in [6, 6.07) is 9.54. The van der Waals surface area contributed by atoms with E-state index in [1.54, 1.807) is 6.92 Å². The maximum atomic E-state index is 10.9. The molecule has 0 aliphatic heterocycles. The molecule has 2 heteroatoms. The molecule has 0 saturated heterocycles. The minimum absolute atomic E-state index is 0.0821. The summed E-state index contributed by atoms with van der Waals surface area (Å²) in [6.45, 7) is 3.76. The summed E-state index contributed by atoms with van der Waals surface area (Å²) >= 11 is 0. The first kappa shape index (κ1) is 11.6. The number of aliphatic hydroxyl groups is 2. The van der Waals surface area contributed by atoms with Gasteiger partial charge in [0.25, 0.3) is 0 Å². The highest BCUT2D eigenvalue weighted by molar-refractivity contribution is 5.27. The van der Waals surface area contributed by atoms with E-state index in [2.05, 4.69) is 0 Å². The zero-order valence-corrected chi connectivity index (χ0v) is 9.98. The van der Waals surface area contributed by atoms with Crippen LogP contribution in [0.5, 0.6) is 0 Å². The van der Waals surface area contributed by atoms with E-state index in [-0.39, 0.29) is 5.92 Å². The number of rotatable bonds is 1.